The Bertz CT molecular complexity index is 648. The number of guanidine groups is 1. The van der Waals surface area contributed by atoms with Gasteiger partial charge in [0.2, 0.25) is 5.91 Å². The smallest absolute Gasteiger partial charge is 0.416 e. The first-order valence-corrected chi connectivity index (χ1v) is 9.50. The molecule has 2 N–H and O–H groups in total. The number of benzene rings is 1. The second-order valence-electron chi connectivity index (χ2n) is 6.40. The van der Waals surface area contributed by atoms with E-state index in [-0.39, 0.29) is 12.5 Å². The molecule has 0 spiro atoms. The molecule has 1 aliphatic rings. The third kappa shape index (κ3) is 7.28. The molecule has 156 valence electrons. The van der Waals surface area contributed by atoms with E-state index in [1.54, 1.807) is 0 Å². The highest BCUT2D eigenvalue weighted by atomic mass is 19.4. The number of hydrogen-bond donors (Lipinski definition) is 2. The van der Waals surface area contributed by atoms with Gasteiger partial charge in [-0.2, -0.15) is 13.2 Å². The van der Waals surface area contributed by atoms with E-state index in [2.05, 4.69) is 15.6 Å². The van der Waals surface area contributed by atoms with Crippen molar-refractivity contribution in [3.8, 4) is 5.75 Å². The van der Waals surface area contributed by atoms with Crippen molar-refractivity contribution >= 4 is 11.9 Å². The first-order chi connectivity index (χ1) is 13.4. The van der Waals surface area contributed by atoms with Gasteiger partial charge in [-0.25, -0.2) is 0 Å². The Morgan fingerprint density at radius 2 is 2.00 bits per heavy atom. The molecule has 0 saturated carbocycles. The van der Waals surface area contributed by atoms with Gasteiger partial charge in [0.1, 0.15) is 12.4 Å². The molecular formula is C19H27F3N4O2. The maximum absolute atomic E-state index is 12.5. The van der Waals surface area contributed by atoms with Crippen LogP contribution in [0.2, 0.25) is 0 Å². The van der Waals surface area contributed by atoms with E-state index >= 15 is 0 Å². The van der Waals surface area contributed by atoms with E-state index in [1.807, 2.05) is 11.8 Å². The van der Waals surface area contributed by atoms with Gasteiger partial charge in [0, 0.05) is 32.6 Å². The Labute approximate surface area is 163 Å². The quantitative estimate of drug-likeness (QED) is 0.380. The van der Waals surface area contributed by atoms with Crippen LogP contribution in [0.5, 0.6) is 5.75 Å². The van der Waals surface area contributed by atoms with Crippen molar-refractivity contribution < 1.29 is 22.7 Å². The standard InChI is InChI=1S/C19H27F3N4O2/c1-2-23-18(24-10-4-13-26-12-3-5-17(26)27)25-11-14-28-16-8-6-15(7-9-16)19(20,21)22/h6-9H,2-5,10-14H2,1H3,(H2,23,24,25). The van der Waals surface area contributed by atoms with Crippen LogP contribution < -0.4 is 15.4 Å². The number of halogens is 3. The van der Waals surface area contributed by atoms with Gasteiger partial charge in [-0.05, 0) is 44.0 Å². The molecule has 1 heterocycles. The zero-order valence-corrected chi connectivity index (χ0v) is 16.0. The van der Waals surface area contributed by atoms with Gasteiger partial charge in [-0.1, -0.05) is 0 Å². The van der Waals surface area contributed by atoms with Gasteiger partial charge in [0.15, 0.2) is 5.96 Å². The highest BCUT2D eigenvalue weighted by molar-refractivity contribution is 5.79. The van der Waals surface area contributed by atoms with Gasteiger partial charge in [-0.15, -0.1) is 0 Å². The summed E-state index contributed by atoms with van der Waals surface area (Å²) in [5.41, 5.74) is -0.699. The molecule has 1 fully saturated rings. The number of ether oxygens (including phenoxy) is 1. The molecule has 1 amide bonds. The van der Waals surface area contributed by atoms with Crippen LogP contribution in [-0.2, 0) is 11.0 Å². The number of nitrogens with zero attached hydrogens (tertiary/aromatic N) is 2. The average Bonchev–Trinajstić information content (AvgIpc) is 3.06. The van der Waals surface area contributed by atoms with Crippen LogP contribution >= 0.6 is 0 Å². The molecule has 1 saturated heterocycles. The molecule has 0 radical (unpaired) electrons. The fraction of sp³-hybridized carbons (Fsp3) is 0.579. The molecule has 9 heteroatoms. The van der Waals surface area contributed by atoms with Gasteiger partial charge in [-0.3, -0.25) is 9.79 Å². The van der Waals surface area contributed by atoms with E-state index in [0.717, 1.165) is 38.1 Å². The highest BCUT2D eigenvalue weighted by Gasteiger charge is 2.30. The summed E-state index contributed by atoms with van der Waals surface area (Å²) in [5, 5.41) is 6.24. The number of hydrogen-bond acceptors (Lipinski definition) is 3. The van der Waals surface area contributed by atoms with E-state index in [0.29, 0.717) is 37.8 Å². The Hall–Kier alpha value is -2.45. The summed E-state index contributed by atoms with van der Waals surface area (Å²) in [4.78, 5) is 17.9. The first-order valence-electron chi connectivity index (χ1n) is 9.50. The van der Waals surface area contributed by atoms with Crippen LogP contribution in [0.25, 0.3) is 0 Å². The number of carbonyl (C=O) groups excluding carboxylic acids is 1. The Morgan fingerprint density at radius 3 is 2.61 bits per heavy atom. The minimum absolute atomic E-state index is 0.217. The summed E-state index contributed by atoms with van der Waals surface area (Å²) in [7, 11) is 0. The second kappa shape index (κ2) is 10.8. The molecule has 0 bridgehead atoms. The fourth-order valence-electron chi connectivity index (χ4n) is 2.81. The Balaban J connectivity index is 1.68. The van der Waals surface area contributed by atoms with Crippen molar-refractivity contribution in [2.45, 2.75) is 32.4 Å². The van der Waals surface area contributed by atoms with E-state index in [9.17, 15) is 18.0 Å². The van der Waals surface area contributed by atoms with Gasteiger partial charge in [0.25, 0.3) is 0 Å². The second-order valence-corrected chi connectivity index (χ2v) is 6.40. The molecule has 0 aromatic heterocycles. The van der Waals surface area contributed by atoms with Gasteiger partial charge < -0.3 is 20.3 Å². The van der Waals surface area contributed by atoms with Crippen LogP contribution in [0.4, 0.5) is 13.2 Å². The minimum atomic E-state index is -4.35. The number of carbonyl (C=O) groups is 1. The molecule has 1 aromatic rings. The van der Waals surface area contributed by atoms with Gasteiger partial charge in [0.05, 0.1) is 12.1 Å². The van der Waals surface area contributed by atoms with Crippen molar-refractivity contribution in [1.29, 1.82) is 0 Å². The fourth-order valence-corrected chi connectivity index (χ4v) is 2.81. The SMILES string of the molecule is CCNC(=NCCCN1CCCC1=O)NCCOc1ccc(C(F)(F)F)cc1. The molecule has 28 heavy (non-hydrogen) atoms. The lowest BCUT2D eigenvalue weighted by atomic mass is 10.2. The molecule has 0 atom stereocenters. The number of nitrogens with one attached hydrogen (secondary N) is 2. The van der Waals surface area contributed by atoms with Crippen LogP contribution in [-0.4, -0.2) is 56.1 Å². The summed E-state index contributed by atoms with van der Waals surface area (Å²) in [6.07, 6.45) is -1.97. The van der Waals surface area contributed by atoms with E-state index in [1.165, 1.54) is 12.1 Å². The topological polar surface area (TPSA) is 66.0 Å². The number of alkyl halides is 3. The summed E-state index contributed by atoms with van der Waals surface area (Å²) in [6, 6.07) is 4.61. The molecule has 0 unspecified atom stereocenters. The normalized spacial score (nSPS) is 15.1. The lowest BCUT2D eigenvalue weighted by molar-refractivity contribution is -0.137. The van der Waals surface area contributed by atoms with E-state index in [4.69, 9.17) is 4.74 Å². The first kappa shape index (κ1) is 21.8. The highest BCUT2D eigenvalue weighted by Crippen LogP contribution is 2.30. The summed E-state index contributed by atoms with van der Waals surface area (Å²) < 4.78 is 43.0. The van der Waals surface area contributed by atoms with Crippen molar-refractivity contribution in [2.75, 3.05) is 39.3 Å². The lowest BCUT2D eigenvalue weighted by Gasteiger charge is -2.15. The van der Waals surface area contributed by atoms with Crippen molar-refractivity contribution in [3.63, 3.8) is 0 Å². The minimum Gasteiger partial charge on any atom is -0.492 e. The summed E-state index contributed by atoms with van der Waals surface area (Å²) >= 11 is 0. The molecule has 6 nitrogen and oxygen atoms in total. The van der Waals surface area contributed by atoms with Crippen LogP contribution in [0.1, 0.15) is 31.7 Å². The predicted octanol–water partition coefficient (Wildman–Crippen LogP) is 2.65. The van der Waals surface area contributed by atoms with Crippen molar-refractivity contribution in [1.82, 2.24) is 15.5 Å². The van der Waals surface area contributed by atoms with Crippen LogP contribution in [0.3, 0.4) is 0 Å². The number of amides is 1. The largest absolute Gasteiger partial charge is 0.492 e. The molecule has 1 aliphatic heterocycles. The van der Waals surface area contributed by atoms with E-state index < -0.39 is 11.7 Å². The maximum Gasteiger partial charge on any atom is 0.416 e. The monoisotopic (exact) mass is 400 g/mol. The van der Waals surface area contributed by atoms with Crippen molar-refractivity contribution in [2.24, 2.45) is 4.99 Å². The third-order valence-corrected chi connectivity index (χ3v) is 4.22. The predicted molar refractivity (Wildman–Crippen MR) is 101 cm³/mol. The number of rotatable bonds is 9. The number of likely N-dealkylation sites (tertiary alicyclic amines) is 1. The Kier molecular flexibility index (Phi) is 8.41. The molecule has 2 rings (SSSR count). The van der Waals surface area contributed by atoms with Gasteiger partial charge >= 0.3 is 6.18 Å². The Morgan fingerprint density at radius 1 is 1.25 bits per heavy atom. The summed E-state index contributed by atoms with van der Waals surface area (Å²) in [6.45, 7) is 5.56. The average molecular weight is 400 g/mol. The molecule has 0 aliphatic carbocycles. The van der Waals surface area contributed by atoms with Crippen LogP contribution in [0.15, 0.2) is 29.3 Å². The zero-order chi connectivity index (χ0) is 20.4. The maximum atomic E-state index is 12.5. The van der Waals surface area contributed by atoms with Crippen molar-refractivity contribution in [3.05, 3.63) is 29.8 Å². The summed E-state index contributed by atoms with van der Waals surface area (Å²) in [5.74, 6) is 1.24. The number of aliphatic imine (C=N–C) groups is 1. The molecular weight excluding hydrogens is 373 g/mol. The zero-order valence-electron chi connectivity index (χ0n) is 16.0. The lowest BCUT2D eigenvalue weighted by Crippen LogP contribution is -2.39. The molecule has 1 aromatic carbocycles. The van der Waals surface area contributed by atoms with Crippen LogP contribution in [0, 0.1) is 0 Å². The third-order valence-electron chi connectivity index (χ3n) is 4.22.